The Kier molecular flexibility index (Phi) is 7.33. The van der Waals surface area contributed by atoms with Crippen LogP contribution in [0.1, 0.15) is 42.7 Å². The number of methoxy groups -OCH3 is 1. The Morgan fingerprint density at radius 1 is 1.00 bits per heavy atom. The molecule has 0 radical (unpaired) electrons. The van der Waals surface area contributed by atoms with Gasteiger partial charge in [0.2, 0.25) is 5.91 Å². The Labute approximate surface area is 202 Å². The number of aliphatic carboxylic acids is 1. The molecular formula is C26H28N2O7. The lowest BCUT2D eigenvalue weighted by Gasteiger charge is -2.35. The number of hydrogen-bond acceptors (Lipinski definition) is 6. The lowest BCUT2D eigenvalue weighted by Crippen LogP contribution is -2.47. The Bertz CT molecular complexity index is 1080. The number of carboxylic acids is 1. The summed E-state index contributed by atoms with van der Waals surface area (Å²) in [4.78, 5) is 47.1. The van der Waals surface area contributed by atoms with E-state index in [4.69, 9.17) is 9.84 Å². The fourth-order valence-corrected chi connectivity index (χ4v) is 4.79. The molecule has 1 atom stereocenters. The number of nitrogens with one attached hydrogen (secondary N) is 2. The van der Waals surface area contributed by atoms with Crippen LogP contribution in [-0.4, -0.2) is 54.8 Å². The van der Waals surface area contributed by atoms with Crippen molar-refractivity contribution < 1.29 is 33.8 Å². The maximum Gasteiger partial charge on any atom is 0.407 e. The highest BCUT2D eigenvalue weighted by Crippen LogP contribution is 2.44. The van der Waals surface area contributed by atoms with Gasteiger partial charge in [-0.3, -0.25) is 9.59 Å². The van der Waals surface area contributed by atoms with E-state index in [0.717, 1.165) is 29.4 Å². The van der Waals surface area contributed by atoms with Crippen molar-refractivity contribution in [2.45, 2.75) is 43.7 Å². The minimum absolute atomic E-state index is 0.0152. The average Bonchev–Trinajstić information content (AvgIpc) is 3.14. The van der Waals surface area contributed by atoms with Gasteiger partial charge in [-0.1, -0.05) is 48.5 Å². The van der Waals surface area contributed by atoms with E-state index in [-0.39, 0.29) is 30.9 Å². The highest BCUT2D eigenvalue weighted by molar-refractivity contribution is 5.87. The number of fused-ring (bicyclic) bond motifs is 3. The van der Waals surface area contributed by atoms with Crippen LogP contribution < -0.4 is 10.6 Å². The van der Waals surface area contributed by atoms with Crippen molar-refractivity contribution in [3.05, 3.63) is 59.7 Å². The molecule has 1 fully saturated rings. The van der Waals surface area contributed by atoms with Gasteiger partial charge in [-0.05, 0) is 41.0 Å². The van der Waals surface area contributed by atoms with Gasteiger partial charge in [0.05, 0.1) is 13.5 Å². The first kappa shape index (κ1) is 24.3. The molecular weight excluding hydrogens is 452 g/mol. The van der Waals surface area contributed by atoms with Gasteiger partial charge in [0.1, 0.15) is 12.6 Å². The van der Waals surface area contributed by atoms with E-state index in [2.05, 4.69) is 39.6 Å². The summed E-state index contributed by atoms with van der Waals surface area (Å²) in [5.41, 5.74) is 4.61. The Hall–Kier alpha value is -3.88. The maximum absolute atomic E-state index is 12.4. The van der Waals surface area contributed by atoms with Crippen LogP contribution in [0.3, 0.4) is 0 Å². The van der Waals surface area contributed by atoms with Gasteiger partial charge in [-0.2, -0.15) is 0 Å². The van der Waals surface area contributed by atoms with Crippen LogP contribution >= 0.6 is 0 Å². The van der Waals surface area contributed by atoms with Crippen LogP contribution in [-0.2, 0) is 23.9 Å². The number of amides is 2. The summed E-state index contributed by atoms with van der Waals surface area (Å²) in [6.07, 6.45) is 0.365. The molecule has 4 rings (SSSR count). The van der Waals surface area contributed by atoms with Gasteiger partial charge in [0, 0.05) is 18.4 Å². The van der Waals surface area contributed by atoms with E-state index in [0.29, 0.717) is 12.8 Å². The number of ether oxygens (including phenoxy) is 2. The van der Waals surface area contributed by atoms with Crippen LogP contribution in [0, 0.1) is 5.92 Å². The van der Waals surface area contributed by atoms with Crippen molar-refractivity contribution in [2.24, 2.45) is 5.92 Å². The minimum Gasteiger partial charge on any atom is -0.480 e. The molecule has 2 aliphatic carbocycles. The quantitative estimate of drug-likeness (QED) is 0.470. The molecule has 35 heavy (non-hydrogen) atoms. The number of rotatable bonds is 9. The van der Waals surface area contributed by atoms with Crippen molar-refractivity contribution in [1.29, 1.82) is 0 Å². The van der Waals surface area contributed by atoms with E-state index >= 15 is 0 Å². The molecule has 2 aromatic rings. The van der Waals surface area contributed by atoms with Gasteiger partial charge in [0.25, 0.3) is 0 Å². The predicted molar refractivity (Wildman–Crippen MR) is 126 cm³/mol. The highest BCUT2D eigenvalue weighted by atomic mass is 16.5. The first-order valence-electron chi connectivity index (χ1n) is 11.6. The van der Waals surface area contributed by atoms with E-state index in [1.54, 1.807) is 0 Å². The topological polar surface area (TPSA) is 131 Å². The number of benzene rings is 2. The predicted octanol–water partition coefficient (Wildman–Crippen LogP) is 2.83. The Morgan fingerprint density at radius 2 is 1.60 bits per heavy atom. The van der Waals surface area contributed by atoms with Gasteiger partial charge in [-0.15, -0.1) is 0 Å². The molecule has 0 bridgehead atoms. The third-order valence-electron chi connectivity index (χ3n) is 6.61. The lowest BCUT2D eigenvalue weighted by molar-refractivity contribution is -0.148. The molecule has 9 nitrogen and oxygen atoms in total. The summed E-state index contributed by atoms with van der Waals surface area (Å²) in [7, 11) is 1.15. The van der Waals surface area contributed by atoms with Crippen LogP contribution in [0.4, 0.5) is 4.79 Å². The van der Waals surface area contributed by atoms with Gasteiger partial charge in [0.15, 0.2) is 0 Å². The first-order chi connectivity index (χ1) is 16.9. The average molecular weight is 481 g/mol. The summed E-state index contributed by atoms with van der Waals surface area (Å²) in [6.45, 7) is 0.231. The third-order valence-corrected chi connectivity index (χ3v) is 6.61. The smallest absolute Gasteiger partial charge is 0.407 e. The molecule has 0 heterocycles. The third kappa shape index (κ3) is 5.62. The number of esters is 1. The highest BCUT2D eigenvalue weighted by Gasteiger charge is 2.34. The minimum atomic E-state index is -1.33. The largest absolute Gasteiger partial charge is 0.480 e. The summed E-state index contributed by atoms with van der Waals surface area (Å²) in [5.74, 6) is -2.47. The molecule has 0 saturated heterocycles. The molecule has 184 valence electrons. The van der Waals surface area contributed by atoms with Crippen LogP contribution in [0.25, 0.3) is 11.1 Å². The fourth-order valence-electron chi connectivity index (χ4n) is 4.79. The van der Waals surface area contributed by atoms with Crippen molar-refractivity contribution in [3.8, 4) is 11.1 Å². The number of carbonyl (C=O) groups excluding carboxylic acids is 3. The number of alkyl carbamates (subject to hydrolysis) is 1. The molecule has 3 N–H and O–H groups in total. The van der Waals surface area contributed by atoms with Gasteiger partial charge in [-0.25, -0.2) is 9.59 Å². The molecule has 9 heteroatoms. The van der Waals surface area contributed by atoms with E-state index in [1.165, 1.54) is 0 Å². The molecule has 2 aromatic carbocycles. The monoisotopic (exact) mass is 480 g/mol. The zero-order chi connectivity index (χ0) is 24.9. The summed E-state index contributed by atoms with van der Waals surface area (Å²) >= 11 is 0. The fraction of sp³-hybridized carbons (Fsp3) is 0.385. The first-order valence-corrected chi connectivity index (χ1v) is 11.6. The standard InChI is InChI=1S/C26H28N2O7/c1-34-24(30)13-22(25(31)32)28-23(29)12-15-10-16(11-15)27-26(33)35-14-21-19-8-4-2-6-17(19)18-7-3-5-9-20(18)21/h2-9,15-16,21-22H,10-14H2,1H3,(H,27,33)(H,28,29)(H,31,32)/t15?,16?,22-/m1/s1. The molecule has 2 amide bonds. The van der Waals surface area contributed by atoms with Crippen LogP contribution in [0.15, 0.2) is 48.5 Å². The second kappa shape index (κ2) is 10.6. The molecule has 2 aliphatic rings. The normalized spacial score (nSPS) is 18.9. The molecule has 0 unspecified atom stereocenters. The van der Waals surface area contributed by atoms with Crippen LogP contribution in [0.5, 0.6) is 0 Å². The summed E-state index contributed by atoms with van der Waals surface area (Å²) in [6, 6.07) is 14.8. The Balaban J connectivity index is 1.21. The van der Waals surface area contributed by atoms with Gasteiger partial charge >= 0.3 is 18.0 Å². The van der Waals surface area contributed by atoms with E-state index in [9.17, 15) is 19.2 Å². The number of carboxylic acid groups (broad SMARTS) is 1. The second-order valence-corrected chi connectivity index (χ2v) is 8.95. The lowest BCUT2D eigenvalue weighted by atomic mass is 9.78. The molecule has 1 saturated carbocycles. The van der Waals surface area contributed by atoms with Crippen molar-refractivity contribution >= 4 is 23.9 Å². The zero-order valence-corrected chi connectivity index (χ0v) is 19.4. The second-order valence-electron chi connectivity index (χ2n) is 8.95. The number of hydrogen-bond donors (Lipinski definition) is 3. The SMILES string of the molecule is COC(=O)C[C@@H](NC(=O)CC1CC(NC(=O)OCC2c3ccccc3-c3ccccc32)C1)C(=O)O. The zero-order valence-electron chi connectivity index (χ0n) is 19.4. The van der Waals surface area contributed by atoms with Crippen LogP contribution in [0.2, 0.25) is 0 Å². The molecule has 0 aliphatic heterocycles. The Morgan fingerprint density at radius 3 is 2.17 bits per heavy atom. The molecule has 0 aromatic heterocycles. The summed E-state index contributed by atoms with van der Waals surface area (Å²) < 4.78 is 10.0. The maximum atomic E-state index is 12.4. The van der Waals surface area contributed by atoms with Crippen molar-refractivity contribution in [3.63, 3.8) is 0 Å². The van der Waals surface area contributed by atoms with E-state index < -0.39 is 36.4 Å². The number of carbonyl (C=O) groups is 4. The van der Waals surface area contributed by atoms with Gasteiger partial charge < -0.3 is 25.2 Å². The van der Waals surface area contributed by atoms with E-state index in [1.807, 2.05) is 24.3 Å². The molecule has 0 spiro atoms. The van der Waals surface area contributed by atoms with Crippen molar-refractivity contribution in [1.82, 2.24) is 10.6 Å². The summed E-state index contributed by atoms with van der Waals surface area (Å²) in [5, 5.41) is 14.4. The van der Waals surface area contributed by atoms with Crippen molar-refractivity contribution in [2.75, 3.05) is 13.7 Å².